The van der Waals surface area contributed by atoms with E-state index in [1.807, 2.05) is 13.8 Å². The third-order valence-corrected chi connectivity index (χ3v) is 3.11. The molecule has 0 saturated heterocycles. The van der Waals surface area contributed by atoms with Crippen molar-refractivity contribution in [3.63, 3.8) is 0 Å². The number of hydrogen-bond donors (Lipinski definition) is 2. The first-order valence-electron chi connectivity index (χ1n) is 4.80. The average molecular weight is 217 g/mol. The van der Waals surface area contributed by atoms with Crippen LogP contribution in [-0.4, -0.2) is 34.4 Å². The van der Waals surface area contributed by atoms with Crippen molar-refractivity contribution in [3.05, 3.63) is 0 Å². The fourth-order valence-electron chi connectivity index (χ4n) is 0.944. The molecule has 4 heteroatoms. The molecule has 1 atom stereocenters. The maximum Gasteiger partial charge on any atom is 0.0861 e. The average Bonchev–Trinajstić information content (AvgIpc) is 2.17. The molecule has 0 aliphatic rings. The van der Waals surface area contributed by atoms with E-state index < -0.39 is 6.10 Å². The lowest BCUT2D eigenvalue weighted by atomic mass is 9.90. The summed E-state index contributed by atoms with van der Waals surface area (Å²) in [5.74, 6) is 1.51. The highest BCUT2D eigenvalue weighted by atomic mass is 32.2. The molecule has 0 aromatic rings. The van der Waals surface area contributed by atoms with Gasteiger partial charge in [-0.25, -0.2) is 0 Å². The van der Waals surface area contributed by atoms with E-state index in [1.54, 1.807) is 11.8 Å². The predicted molar refractivity (Wildman–Crippen MR) is 59.0 cm³/mol. The zero-order valence-electron chi connectivity index (χ0n) is 8.86. The number of nitriles is 1. The third kappa shape index (κ3) is 7.19. The molecule has 0 bridgehead atoms. The fraction of sp³-hybridized carbons (Fsp3) is 0.900. The quantitative estimate of drug-likeness (QED) is 0.633. The predicted octanol–water partition coefficient (Wildman–Crippen LogP) is 1.40. The van der Waals surface area contributed by atoms with Crippen LogP contribution in [0.5, 0.6) is 0 Å². The summed E-state index contributed by atoms with van der Waals surface area (Å²) < 4.78 is 0. The second-order valence-corrected chi connectivity index (χ2v) is 5.16. The van der Waals surface area contributed by atoms with E-state index >= 15 is 0 Å². The summed E-state index contributed by atoms with van der Waals surface area (Å²) in [6, 6.07) is 2.25. The summed E-state index contributed by atoms with van der Waals surface area (Å²) in [5, 5.41) is 26.3. The van der Waals surface area contributed by atoms with Crippen molar-refractivity contribution in [2.45, 2.75) is 32.8 Å². The Hall–Kier alpha value is -0.240. The van der Waals surface area contributed by atoms with Crippen molar-refractivity contribution < 1.29 is 10.2 Å². The minimum atomic E-state index is -0.607. The van der Waals surface area contributed by atoms with Crippen molar-refractivity contribution >= 4 is 11.8 Å². The summed E-state index contributed by atoms with van der Waals surface area (Å²) in [7, 11) is 0. The molecule has 0 aromatic heterocycles. The Kier molecular flexibility index (Phi) is 6.98. The topological polar surface area (TPSA) is 64.2 Å². The Balaban J connectivity index is 3.35. The summed E-state index contributed by atoms with van der Waals surface area (Å²) in [5.41, 5.74) is -0.240. The van der Waals surface area contributed by atoms with Crippen LogP contribution in [0, 0.1) is 16.7 Å². The number of hydrogen-bond acceptors (Lipinski definition) is 4. The van der Waals surface area contributed by atoms with E-state index in [1.165, 1.54) is 0 Å². The summed E-state index contributed by atoms with van der Waals surface area (Å²) in [6.45, 7) is 3.69. The van der Waals surface area contributed by atoms with Gasteiger partial charge in [0.1, 0.15) is 0 Å². The first-order valence-corrected chi connectivity index (χ1v) is 5.95. The van der Waals surface area contributed by atoms with E-state index in [-0.39, 0.29) is 12.0 Å². The Bertz CT molecular complexity index is 189. The van der Waals surface area contributed by atoms with E-state index in [4.69, 9.17) is 15.5 Å². The first kappa shape index (κ1) is 13.8. The van der Waals surface area contributed by atoms with E-state index in [2.05, 4.69) is 6.07 Å². The first-order chi connectivity index (χ1) is 6.52. The van der Waals surface area contributed by atoms with E-state index in [0.29, 0.717) is 5.75 Å². The lowest BCUT2D eigenvalue weighted by Gasteiger charge is -2.14. The Morgan fingerprint density at radius 1 is 1.50 bits per heavy atom. The second kappa shape index (κ2) is 7.10. The molecule has 1 unspecified atom stereocenters. The monoisotopic (exact) mass is 217 g/mol. The van der Waals surface area contributed by atoms with Gasteiger partial charge in [0.2, 0.25) is 0 Å². The molecule has 0 spiro atoms. The van der Waals surface area contributed by atoms with Gasteiger partial charge in [-0.15, -0.1) is 0 Å². The van der Waals surface area contributed by atoms with Crippen LogP contribution in [0.15, 0.2) is 0 Å². The van der Waals surface area contributed by atoms with Gasteiger partial charge in [-0.3, -0.25) is 0 Å². The molecular formula is C10H19NO2S. The van der Waals surface area contributed by atoms with Crippen molar-refractivity contribution in [3.8, 4) is 6.07 Å². The van der Waals surface area contributed by atoms with Gasteiger partial charge in [0, 0.05) is 5.75 Å². The van der Waals surface area contributed by atoms with Crippen LogP contribution in [-0.2, 0) is 0 Å². The Morgan fingerprint density at radius 3 is 2.64 bits per heavy atom. The molecule has 0 rings (SSSR count). The van der Waals surface area contributed by atoms with Crippen LogP contribution in [0.4, 0.5) is 0 Å². The molecule has 14 heavy (non-hydrogen) atoms. The lowest BCUT2D eigenvalue weighted by molar-refractivity contribution is 0.113. The SMILES string of the molecule is CC(C)(C#N)CCCSCC(O)CO. The minimum Gasteiger partial charge on any atom is -0.394 e. The van der Waals surface area contributed by atoms with Crippen molar-refractivity contribution in [2.75, 3.05) is 18.1 Å². The molecule has 0 aliphatic carbocycles. The largest absolute Gasteiger partial charge is 0.394 e. The smallest absolute Gasteiger partial charge is 0.0861 e. The number of thioether (sulfide) groups is 1. The van der Waals surface area contributed by atoms with Crippen LogP contribution in [0.3, 0.4) is 0 Å². The van der Waals surface area contributed by atoms with Crippen molar-refractivity contribution in [1.82, 2.24) is 0 Å². The van der Waals surface area contributed by atoms with Crippen molar-refractivity contribution in [1.29, 1.82) is 5.26 Å². The highest BCUT2D eigenvalue weighted by molar-refractivity contribution is 7.99. The third-order valence-electron chi connectivity index (χ3n) is 1.91. The van der Waals surface area contributed by atoms with Gasteiger partial charge < -0.3 is 10.2 Å². The normalized spacial score (nSPS) is 13.6. The highest BCUT2D eigenvalue weighted by Gasteiger charge is 2.15. The molecule has 0 radical (unpaired) electrons. The van der Waals surface area contributed by atoms with Crippen LogP contribution in [0.2, 0.25) is 0 Å². The summed E-state index contributed by atoms with van der Waals surface area (Å²) in [4.78, 5) is 0. The molecule has 82 valence electrons. The fourth-order valence-corrected chi connectivity index (χ4v) is 1.84. The zero-order valence-corrected chi connectivity index (χ0v) is 9.68. The second-order valence-electron chi connectivity index (χ2n) is 4.01. The minimum absolute atomic E-state index is 0.170. The molecular weight excluding hydrogens is 198 g/mol. The van der Waals surface area contributed by atoms with Crippen LogP contribution >= 0.6 is 11.8 Å². The number of aliphatic hydroxyl groups excluding tert-OH is 2. The summed E-state index contributed by atoms with van der Waals surface area (Å²) in [6.07, 6.45) is 1.25. The highest BCUT2D eigenvalue weighted by Crippen LogP contribution is 2.22. The van der Waals surface area contributed by atoms with Gasteiger partial charge in [-0.1, -0.05) is 0 Å². The standard InChI is InChI=1S/C10H19NO2S/c1-10(2,8-11)4-3-5-14-7-9(13)6-12/h9,12-13H,3-7H2,1-2H3. The summed E-state index contributed by atoms with van der Waals surface area (Å²) >= 11 is 1.62. The van der Waals surface area contributed by atoms with E-state index in [0.717, 1.165) is 18.6 Å². The van der Waals surface area contributed by atoms with Gasteiger partial charge in [0.25, 0.3) is 0 Å². The zero-order chi connectivity index (χ0) is 11.0. The molecule has 0 aliphatic heterocycles. The molecule has 0 heterocycles. The van der Waals surface area contributed by atoms with Gasteiger partial charge in [0.05, 0.1) is 24.2 Å². The molecule has 0 fully saturated rings. The Labute approximate surface area is 90.1 Å². The number of rotatable bonds is 7. The van der Waals surface area contributed by atoms with Crippen LogP contribution in [0.25, 0.3) is 0 Å². The van der Waals surface area contributed by atoms with Crippen LogP contribution in [0.1, 0.15) is 26.7 Å². The molecule has 3 nitrogen and oxygen atoms in total. The van der Waals surface area contributed by atoms with Crippen molar-refractivity contribution in [2.24, 2.45) is 5.41 Å². The van der Waals surface area contributed by atoms with Gasteiger partial charge in [-0.2, -0.15) is 17.0 Å². The molecule has 0 saturated carbocycles. The van der Waals surface area contributed by atoms with Gasteiger partial charge in [-0.05, 0) is 32.4 Å². The maximum atomic E-state index is 9.04. The lowest BCUT2D eigenvalue weighted by Crippen LogP contribution is -2.15. The van der Waals surface area contributed by atoms with Gasteiger partial charge in [0.15, 0.2) is 0 Å². The number of nitrogens with zero attached hydrogens (tertiary/aromatic N) is 1. The maximum absolute atomic E-state index is 9.04. The Morgan fingerprint density at radius 2 is 2.14 bits per heavy atom. The number of aliphatic hydroxyl groups is 2. The van der Waals surface area contributed by atoms with E-state index in [9.17, 15) is 0 Å². The molecule has 0 aromatic carbocycles. The molecule has 2 N–H and O–H groups in total. The van der Waals surface area contributed by atoms with Crippen LogP contribution < -0.4 is 0 Å². The molecule has 0 amide bonds. The van der Waals surface area contributed by atoms with Gasteiger partial charge >= 0.3 is 0 Å².